The lowest BCUT2D eigenvalue weighted by Crippen LogP contribution is -2.09. The molecule has 1 aromatic carbocycles. The van der Waals surface area contributed by atoms with Crippen LogP contribution in [0.2, 0.25) is 5.02 Å². The SMILES string of the molecule is CCCC(C)COc1ccc(Cl)cc1CBr. The van der Waals surface area contributed by atoms with Crippen LogP contribution in [0.5, 0.6) is 5.75 Å². The van der Waals surface area contributed by atoms with Gasteiger partial charge in [-0.1, -0.05) is 47.8 Å². The Bertz CT molecular complexity index is 328. The smallest absolute Gasteiger partial charge is 0.123 e. The number of rotatable bonds is 6. The monoisotopic (exact) mass is 304 g/mol. The summed E-state index contributed by atoms with van der Waals surface area (Å²) in [5.74, 6) is 1.54. The van der Waals surface area contributed by atoms with Crippen LogP contribution in [0.4, 0.5) is 0 Å². The summed E-state index contributed by atoms with van der Waals surface area (Å²) in [6, 6.07) is 5.75. The number of alkyl halides is 1. The highest BCUT2D eigenvalue weighted by Gasteiger charge is 2.06. The van der Waals surface area contributed by atoms with Gasteiger partial charge >= 0.3 is 0 Å². The Balaban J connectivity index is 2.59. The van der Waals surface area contributed by atoms with Gasteiger partial charge in [0, 0.05) is 15.9 Å². The fourth-order valence-electron chi connectivity index (χ4n) is 1.60. The van der Waals surface area contributed by atoms with Crippen molar-refractivity contribution in [3.63, 3.8) is 0 Å². The van der Waals surface area contributed by atoms with Crippen LogP contribution in [0.1, 0.15) is 32.3 Å². The lowest BCUT2D eigenvalue weighted by Gasteiger charge is -2.14. The average Bonchev–Trinajstić information content (AvgIpc) is 2.27. The Morgan fingerprint density at radius 2 is 2.19 bits per heavy atom. The first-order valence-corrected chi connectivity index (χ1v) is 7.14. The van der Waals surface area contributed by atoms with Crippen molar-refractivity contribution < 1.29 is 4.74 Å². The van der Waals surface area contributed by atoms with E-state index in [4.69, 9.17) is 16.3 Å². The van der Waals surface area contributed by atoms with Gasteiger partial charge in [-0.3, -0.25) is 0 Å². The van der Waals surface area contributed by atoms with E-state index in [2.05, 4.69) is 29.8 Å². The molecule has 16 heavy (non-hydrogen) atoms. The van der Waals surface area contributed by atoms with Gasteiger partial charge in [0.2, 0.25) is 0 Å². The second-order valence-electron chi connectivity index (χ2n) is 4.09. The Morgan fingerprint density at radius 3 is 2.81 bits per heavy atom. The van der Waals surface area contributed by atoms with Crippen molar-refractivity contribution in [1.82, 2.24) is 0 Å². The quantitative estimate of drug-likeness (QED) is 0.668. The molecular weight excluding hydrogens is 287 g/mol. The Kier molecular flexibility index (Phi) is 6.22. The number of benzene rings is 1. The Morgan fingerprint density at radius 1 is 1.44 bits per heavy atom. The molecule has 1 unspecified atom stereocenters. The van der Waals surface area contributed by atoms with Gasteiger partial charge in [-0.25, -0.2) is 0 Å². The van der Waals surface area contributed by atoms with Crippen molar-refractivity contribution in [3.05, 3.63) is 28.8 Å². The van der Waals surface area contributed by atoms with E-state index in [0.717, 1.165) is 28.3 Å². The van der Waals surface area contributed by atoms with Gasteiger partial charge in [0.15, 0.2) is 0 Å². The molecule has 1 atom stereocenters. The number of hydrogen-bond donors (Lipinski definition) is 0. The van der Waals surface area contributed by atoms with Crippen LogP contribution in [0.3, 0.4) is 0 Å². The van der Waals surface area contributed by atoms with Crippen molar-refractivity contribution in [2.45, 2.75) is 32.0 Å². The zero-order chi connectivity index (χ0) is 12.0. The number of hydrogen-bond acceptors (Lipinski definition) is 1. The highest BCUT2D eigenvalue weighted by molar-refractivity contribution is 9.08. The van der Waals surface area contributed by atoms with Crippen LogP contribution >= 0.6 is 27.5 Å². The molecule has 3 heteroatoms. The third-order valence-corrected chi connectivity index (χ3v) is 3.31. The van der Waals surface area contributed by atoms with Crippen LogP contribution < -0.4 is 4.74 Å². The van der Waals surface area contributed by atoms with Crippen molar-refractivity contribution >= 4 is 27.5 Å². The molecular formula is C13H18BrClO. The minimum atomic E-state index is 0.601. The summed E-state index contributed by atoms with van der Waals surface area (Å²) < 4.78 is 5.81. The summed E-state index contributed by atoms with van der Waals surface area (Å²) in [5, 5.41) is 1.52. The molecule has 0 bridgehead atoms. The zero-order valence-corrected chi connectivity index (χ0v) is 12.1. The maximum Gasteiger partial charge on any atom is 0.123 e. The molecule has 0 aliphatic rings. The van der Waals surface area contributed by atoms with Gasteiger partial charge in [-0.15, -0.1) is 0 Å². The van der Waals surface area contributed by atoms with E-state index >= 15 is 0 Å². The van der Waals surface area contributed by atoms with Gasteiger partial charge in [-0.2, -0.15) is 0 Å². The van der Waals surface area contributed by atoms with Crippen molar-refractivity contribution in [2.75, 3.05) is 6.61 Å². The van der Waals surface area contributed by atoms with Gasteiger partial charge in [0.1, 0.15) is 5.75 Å². The van der Waals surface area contributed by atoms with Crippen LogP contribution in [0, 0.1) is 5.92 Å². The van der Waals surface area contributed by atoms with Gasteiger partial charge in [0.05, 0.1) is 6.61 Å². The summed E-state index contributed by atoms with van der Waals surface area (Å²) in [5.41, 5.74) is 1.11. The molecule has 1 rings (SSSR count). The lowest BCUT2D eigenvalue weighted by molar-refractivity contribution is 0.250. The second-order valence-corrected chi connectivity index (χ2v) is 5.09. The van der Waals surface area contributed by atoms with Crippen LogP contribution in [0.25, 0.3) is 0 Å². The minimum Gasteiger partial charge on any atom is -0.493 e. The molecule has 0 radical (unpaired) electrons. The van der Waals surface area contributed by atoms with Crippen LogP contribution in [-0.4, -0.2) is 6.61 Å². The standard InChI is InChI=1S/C13H18BrClO/c1-3-4-10(2)9-16-13-6-5-12(15)7-11(13)8-14/h5-7,10H,3-4,8-9H2,1-2H3. The molecule has 0 saturated carbocycles. The van der Waals surface area contributed by atoms with Crippen LogP contribution in [0.15, 0.2) is 18.2 Å². The van der Waals surface area contributed by atoms with Crippen molar-refractivity contribution in [2.24, 2.45) is 5.92 Å². The van der Waals surface area contributed by atoms with Crippen molar-refractivity contribution in [3.8, 4) is 5.75 Å². The first-order valence-electron chi connectivity index (χ1n) is 5.64. The van der Waals surface area contributed by atoms with E-state index in [1.807, 2.05) is 18.2 Å². The van der Waals surface area contributed by atoms with E-state index in [1.165, 1.54) is 12.8 Å². The molecule has 0 N–H and O–H groups in total. The minimum absolute atomic E-state index is 0.601. The average molecular weight is 306 g/mol. The van der Waals surface area contributed by atoms with E-state index in [0.29, 0.717) is 5.92 Å². The molecule has 1 aromatic rings. The molecule has 0 fully saturated rings. The molecule has 0 heterocycles. The fraction of sp³-hybridized carbons (Fsp3) is 0.538. The maximum atomic E-state index is 5.93. The third-order valence-electron chi connectivity index (χ3n) is 2.47. The summed E-state index contributed by atoms with van der Waals surface area (Å²) in [6.07, 6.45) is 2.41. The largest absolute Gasteiger partial charge is 0.493 e. The lowest BCUT2D eigenvalue weighted by atomic mass is 10.1. The molecule has 90 valence electrons. The second kappa shape index (κ2) is 7.18. The molecule has 0 aromatic heterocycles. The summed E-state index contributed by atoms with van der Waals surface area (Å²) in [6.45, 7) is 5.19. The Hall–Kier alpha value is -0.210. The first-order chi connectivity index (χ1) is 7.67. The molecule has 0 aliphatic heterocycles. The van der Waals surface area contributed by atoms with Gasteiger partial charge in [-0.05, 0) is 30.5 Å². The highest BCUT2D eigenvalue weighted by Crippen LogP contribution is 2.25. The highest BCUT2D eigenvalue weighted by atomic mass is 79.9. The molecule has 1 nitrogen and oxygen atoms in total. The summed E-state index contributed by atoms with van der Waals surface area (Å²) in [4.78, 5) is 0. The summed E-state index contributed by atoms with van der Waals surface area (Å²) >= 11 is 9.37. The molecule has 0 saturated heterocycles. The van der Waals surface area contributed by atoms with E-state index in [-0.39, 0.29) is 0 Å². The van der Waals surface area contributed by atoms with E-state index in [1.54, 1.807) is 0 Å². The molecule has 0 amide bonds. The number of halogens is 2. The summed E-state index contributed by atoms with van der Waals surface area (Å²) in [7, 11) is 0. The maximum absolute atomic E-state index is 5.93. The van der Waals surface area contributed by atoms with Crippen molar-refractivity contribution in [1.29, 1.82) is 0 Å². The third kappa shape index (κ3) is 4.34. The number of ether oxygens (including phenoxy) is 1. The van der Waals surface area contributed by atoms with Crippen LogP contribution in [-0.2, 0) is 5.33 Å². The normalized spacial score (nSPS) is 12.5. The predicted octanol–water partition coefficient (Wildman–Crippen LogP) is 5.05. The molecule has 0 spiro atoms. The molecule has 0 aliphatic carbocycles. The van der Waals surface area contributed by atoms with E-state index < -0.39 is 0 Å². The predicted molar refractivity (Wildman–Crippen MR) is 73.7 cm³/mol. The first kappa shape index (κ1) is 13.9. The topological polar surface area (TPSA) is 9.23 Å². The fourth-order valence-corrected chi connectivity index (χ4v) is 2.23. The Labute approximate surface area is 111 Å². The van der Waals surface area contributed by atoms with E-state index in [9.17, 15) is 0 Å². The van der Waals surface area contributed by atoms with Gasteiger partial charge in [0.25, 0.3) is 0 Å². The van der Waals surface area contributed by atoms with Gasteiger partial charge < -0.3 is 4.74 Å². The zero-order valence-electron chi connectivity index (χ0n) is 9.80.